The van der Waals surface area contributed by atoms with E-state index >= 15 is 0 Å². The summed E-state index contributed by atoms with van der Waals surface area (Å²) in [5, 5.41) is 0. The highest BCUT2D eigenvalue weighted by Gasteiger charge is 2.03. The highest BCUT2D eigenvalue weighted by molar-refractivity contribution is 9.10. The average molecular weight is 262 g/mol. The highest BCUT2D eigenvalue weighted by Crippen LogP contribution is 2.22. The fourth-order valence-corrected chi connectivity index (χ4v) is 1.88. The first-order valence-corrected chi connectivity index (χ1v) is 5.79. The van der Waals surface area contributed by atoms with E-state index in [-0.39, 0.29) is 0 Å². The van der Waals surface area contributed by atoms with E-state index in [9.17, 15) is 0 Å². The van der Waals surface area contributed by atoms with Gasteiger partial charge in [-0.3, -0.25) is 0 Å². The van der Waals surface area contributed by atoms with Gasteiger partial charge in [0.15, 0.2) is 0 Å². The molecule has 0 amide bonds. The normalized spacial score (nSPS) is 10.8. The molecule has 0 heterocycles. The third-order valence-electron chi connectivity index (χ3n) is 1.89. The first-order chi connectivity index (χ1) is 6.13. The van der Waals surface area contributed by atoms with Crippen LogP contribution >= 0.6 is 27.5 Å². The van der Waals surface area contributed by atoms with Crippen LogP contribution in [0.25, 0.3) is 0 Å². The third-order valence-corrected chi connectivity index (χ3v) is 2.97. The Kier molecular flexibility index (Phi) is 4.27. The summed E-state index contributed by atoms with van der Waals surface area (Å²) in [6.45, 7) is 4.44. The summed E-state index contributed by atoms with van der Waals surface area (Å²) in [6, 6.07) is 6.31. The molecule has 0 spiro atoms. The molecule has 0 bridgehead atoms. The maximum Gasteiger partial charge on any atom is 0.0474 e. The minimum Gasteiger partial charge on any atom is -0.122 e. The van der Waals surface area contributed by atoms with Crippen LogP contribution in [-0.2, 0) is 12.3 Å². The Morgan fingerprint density at radius 1 is 1.38 bits per heavy atom. The van der Waals surface area contributed by atoms with E-state index in [1.807, 2.05) is 0 Å². The molecule has 0 nitrogen and oxygen atoms in total. The lowest BCUT2D eigenvalue weighted by Gasteiger charge is -2.08. The largest absolute Gasteiger partial charge is 0.122 e. The lowest BCUT2D eigenvalue weighted by molar-refractivity contribution is 0.645. The van der Waals surface area contributed by atoms with Gasteiger partial charge >= 0.3 is 0 Å². The van der Waals surface area contributed by atoms with Gasteiger partial charge in [-0.05, 0) is 29.5 Å². The number of benzene rings is 1. The molecule has 0 saturated carbocycles. The summed E-state index contributed by atoms with van der Waals surface area (Å²) in [7, 11) is 0. The summed E-state index contributed by atoms with van der Waals surface area (Å²) in [4.78, 5) is 0. The van der Waals surface area contributed by atoms with Crippen molar-refractivity contribution in [3.05, 3.63) is 33.8 Å². The van der Waals surface area contributed by atoms with Crippen molar-refractivity contribution in [2.75, 3.05) is 0 Å². The van der Waals surface area contributed by atoms with Gasteiger partial charge in [0.05, 0.1) is 0 Å². The third kappa shape index (κ3) is 3.32. The summed E-state index contributed by atoms with van der Waals surface area (Å²) in [6.07, 6.45) is 1.10. The van der Waals surface area contributed by atoms with Crippen LogP contribution in [0.4, 0.5) is 0 Å². The number of halogens is 2. The van der Waals surface area contributed by atoms with E-state index in [1.165, 1.54) is 15.6 Å². The number of rotatable bonds is 3. The molecule has 1 aromatic rings. The number of alkyl halides is 1. The average Bonchev–Trinajstić information content (AvgIpc) is 2.08. The first kappa shape index (κ1) is 11.1. The second-order valence-electron chi connectivity index (χ2n) is 3.66. The minimum atomic E-state index is 0.596. The number of hydrogen-bond acceptors (Lipinski definition) is 0. The van der Waals surface area contributed by atoms with Crippen LogP contribution in [-0.4, -0.2) is 0 Å². The molecule has 72 valence electrons. The Morgan fingerprint density at radius 2 is 2.08 bits per heavy atom. The van der Waals surface area contributed by atoms with Crippen molar-refractivity contribution < 1.29 is 0 Å². The summed E-state index contributed by atoms with van der Waals surface area (Å²) in [5.74, 6) is 1.28. The molecule has 0 N–H and O–H groups in total. The zero-order valence-corrected chi connectivity index (χ0v) is 10.3. The van der Waals surface area contributed by atoms with Gasteiger partial charge in [0.25, 0.3) is 0 Å². The topological polar surface area (TPSA) is 0 Å². The highest BCUT2D eigenvalue weighted by atomic mass is 79.9. The maximum atomic E-state index is 5.77. The Hall–Kier alpha value is -0.0100. The van der Waals surface area contributed by atoms with Gasteiger partial charge in [0.2, 0.25) is 0 Å². The van der Waals surface area contributed by atoms with Gasteiger partial charge in [-0.2, -0.15) is 0 Å². The van der Waals surface area contributed by atoms with Crippen LogP contribution in [0.15, 0.2) is 22.7 Å². The molecule has 0 aliphatic heterocycles. The molecular weight excluding hydrogens is 247 g/mol. The molecule has 1 rings (SSSR count). The van der Waals surface area contributed by atoms with E-state index in [4.69, 9.17) is 11.6 Å². The second-order valence-corrected chi connectivity index (χ2v) is 4.78. The smallest absolute Gasteiger partial charge is 0.0474 e. The minimum absolute atomic E-state index is 0.596. The van der Waals surface area contributed by atoms with Crippen LogP contribution in [0.3, 0.4) is 0 Å². The Bertz CT molecular complexity index is 281. The van der Waals surface area contributed by atoms with Crippen molar-refractivity contribution in [2.24, 2.45) is 5.92 Å². The van der Waals surface area contributed by atoms with E-state index in [1.54, 1.807) is 0 Å². The van der Waals surface area contributed by atoms with Gasteiger partial charge in [-0.15, -0.1) is 11.6 Å². The summed E-state index contributed by atoms with van der Waals surface area (Å²) >= 11 is 9.32. The Morgan fingerprint density at radius 3 is 2.62 bits per heavy atom. The molecule has 13 heavy (non-hydrogen) atoms. The van der Waals surface area contributed by atoms with Gasteiger partial charge in [0.1, 0.15) is 0 Å². The van der Waals surface area contributed by atoms with Gasteiger partial charge in [-0.25, -0.2) is 0 Å². The van der Waals surface area contributed by atoms with Crippen LogP contribution < -0.4 is 0 Å². The predicted molar refractivity (Wildman–Crippen MR) is 62.2 cm³/mol. The first-order valence-electron chi connectivity index (χ1n) is 4.46. The van der Waals surface area contributed by atoms with Crippen LogP contribution in [0.1, 0.15) is 25.0 Å². The SMILES string of the molecule is CC(C)Cc1cc(CCl)ccc1Br. The standard InChI is InChI=1S/C11H14BrCl/c1-8(2)5-10-6-9(7-13)3-4-11(10)12/h3-4,6,8H,5,7H2,1-2H3. The van der Waals surface area contributed by atoms with Gasteiger partial charge in [-0.1, -0.05) is 41.9 Å². The van der Waals surface area contributed by atoms with Crippen molar-refractivity contribution in [1.29, 1.82) is 0 Å². The molecule has 0 fully saturated rings. The fourth-order valence-electron chi connectivity index (χ4n) is 1.31. The van der Waals surface area contributed by atoms with Crippen molar-refractivity contribution in [2.45, 2.75) is 26.1 Å². The molecule has 0 aliphatic rings. The van der Waals surface area contributed by atoms with Crippen LogP contribution in [0, 0.1) is 5.92 Å². The van der Waals surface area contributed by atoms with Crippen LogP contribution in [0.5, 0.6) is 0 Å². The molecule has 2 heteroatoms. The van der Waals surface area contributed by atoms with Crippen molar-refractivity contribution in [3.8, 4) is 0 Å². The Balaban J connectivity index is 2.90. The van der Waals surface area contributed by atoms with Crippen molar-refractivity contribution in [1.82, 2.24) is 0 Å². The lowest BCUT2D eigenvalue weighted by atomic mass is 10.0. The fraction of sp³-hybridized carbons (Fsp3) is 0.455. The maximum absolute atomic E-state index is 5.77. The summed E-state index contributed by atoms with van der Waals surface area (Å²) < 4.78 is 1.19. The molecule has 0 aliphatic carbocycles. The molecule has 0 saturated heterocycles. The summed E-state index contributed by atoms with van der Waals surface area (Å²) in [5.41, 5.74) is 2.55. The van der Waals surface area contributed by atoms with E-state index < -0.39 is 0 Å². The zero-order chi connectivity index (χ0) is 9.84. The van der Waals surface area contributed by atoms with E-state index in [0.717, 1.165) is 6.42 Å². The monoisotopic (exact) mass is 260 g/mol. The zero-order valence-electron chi connectivity index (χ0n) is 7.98. The molecule has 0 unspecified atom stereocenters. The van der Waals surface area contributed by atoms with E-state index in [0.29, 0.717) is 11.8 Å². The lowest BCUT2D eigenvalue weighted by Crippen LogP contribution is -1.96. The second kappa shape index (κ2) is 5.02. The molecular formula is C11H14BrCl. The quantitative estimate of drug-likeness (QED) is 0.708. The number of hydrogen-bond donors (Lipinski definition) is 0. The predicted octanol–water partition coefficient (Wildman–Crippen LogP) is 4.39. The van der Waals surface area contributed by atoms with Crippen molar-refractivity contribution in [3.63, 3.8) is 0 Å². The van der Waals surface area contributed by atoms with Crippen molar-refractivity contribution >= 4 is 27.5 Å². The van der Waals surface area contributed by atoms with Gasteiger partial charge in [0, 0.05) is 10.4 Å². The molecule has 0 atom stereocenters. The Labute approximate surface area is 93.4 Å². The molecule has 1 aromatic carbocycles. The van der Waals surface area contributed by atoms with Crippen LogP contribution in [0.2, 0.25) is 0 Å². The molecule has 0 radical (unpaired) electrons. The molecule has 0 aromatic heterocycles. The van der Waals surface area contributed by atoms with Gasteiger partial charge < -0.3 is 0 Å². The van der Waals surface area contributed by atoms with E-state index in [2.05, 4.69) is 48.0 Å².